The van der Waals surface area contributed by atoms with Crippen molar-refractivity contribution in [2.75, 3.05) is 6.54 Å². The van der Waals surface area contributed by atoms with Crippen molar-refractivity contribution in [1.29, 1.82) is 0 Å². The highest BCUT2D eigenvalue weighted by Gasteiger charge is 1.93. The van der Waals surface area contributed by atoms with Gasteiger partial charge < -0.3 is 10.4 Å². The van der Waals surface area contributed by atoms with Gasteiger partial charge in [0.2, 0.25) is 0 Å². The van der Waals surface area contributed by atoms with Crippen molar-refractivity contribution in [3.63, 3.8) is 0 Å². The minimum absolute atomic E-state index is 0.421. The Balaban J connectivity index is 3.18. The molecule has 0 amide bonds. The van der Waals surface area contributed by atoms with Crippen LogP contribution in [0.4, 0.5) is 4.39 Å². The molecule has 0 aliphatic heterocycles. The Morgan fingerprint density at radius 2 is 2.38 bits per heavy atom. The van der Waals surface area contributed by atoms with Crippen molar-refractivity contribution in [1.82, 2.24) is 5.32 Å². The molecular formula is C4H6FNO2. The van der Waals surface area contributed by atoms with Gasteiger partial charge in [0, 0.05) is 0 Å². The molecule has 0 aromatic heterocycles. The Morgan fingerprint density at radius 1 is 1.88 bits per heavy atom. The number of carbonyl (C=O) groups is 1. The predicted octanol–water partition coefficient (Wildman–Crippen LogP) is 0.101. The lowest BCUT2D eigenvalue weighted by atomic mass is 10.6. The van der Waals surface area contributed by atoms with Gasteiger partial charge in [0.1, 0.15) is 6.54 Å². The average Bonchev–Trinajstić information content (AvgIpc) is 1.61. The van der Waals surface area contributed by atoms with Crippen LogP contribution in [0.15, 0.2) is 12.5 Å². The molecule has 0 spiro atoms. The van der Waals surface area contributed by atoms with Gasteiger partial charge in [-0.15, -0.1) is 0 Å². The fraction of sp³-hybridized carbons (Fsp3) is 0.250. The molecule has 0 aromatic carbocycles. The Bertz CT molecular complexity index is 98.6. The van der Waals surface area contributed by atoms with Crippen LogP contribution in [0.3, 0.4) is 0 Å². The molecule has 0 aliphatic carbocycles. The summed E-state index contributed by atoms with van der Waals surface area (Å²) < 4.78 is 11.5. The molecule has 4 heteroatoms. The molecule has 0 fully saturated rings. The van der Waals surface area contributed by atoms with E-state index in [1.165, 1.54) is 0 Å². The van der Waals surface area contributed by atoms with Gasteiger partial charge in [0.05, 0.1) is 0 Å². The van der Waals surface area contributed by atoms with Gasteiger partial charge in [-0.25, -0.2) is 0 Å². The van der Waals surface area contributed by atoms with E-state index in [9.17, 15) is 9.18 Å². The monoisotopic (exact) mass is 119 g/mol. The van der Waals surface area contributed by atoms with Gasteiger partial charge >= 0.3 is 5.97 Å². The topological polar surface area (TPSA) is 49.3 Å². The number of halogens is 1. The lowest BCUT2D eigenvalue weighted by Crippen LogP contribution is -2.19. The van der Waals surface area contributed by atoms with Crippen LogP contribution in [-0.2, 0) is 4.79 Å². The van der Waals surface area contributed by atoms with Crippen LogP contribution in [0.5, 0.6) is 0 Å². The van der Waals surface area contributed by atoms with E-state index in [1.807, 2.05) is 5.32 Å². The normalized spacial score (nSPS) is 8.12. The minimum Gasteiger partial charge on any atom is -0.480 e. The number of carboxylic acid groups (broad SMARTS) is 1. The molecule has 0 bridgehead atoms. The summed E-state index contributed by atoms with van der Waals surface area (Å²) in [6, 6.07) is 0. The third kappa shape index (κ3) is 4.94. The highest BCUT2D eigenvalue weighted by molar-refractivity contribution is 5.69. The molecule has 0 heterocycles. The summed E-state index contributed by atoms with van der Waals surface area (Å²) >= 11 is 0. The van der Waals surface area contributed by atoms with Crippen molar-refractivity contribution in [2.24, 2.45) is 0 Å². The van der Waals surface area contributed by atoms with Crippen molar-refractivity contribution >= 4 is 5.97 Å². The molecule has 0 saturated carbocycles. The predicted molar refractivity (Wildman–Crippen MR) is 25.9 cm³/mol. The standard InChI is InChI=1S/C4H6FNO2/c1-3(5)6-2-4(7)8/h6H,1-2H2,(H,7,8). The summed E-state index contributed by atoms with van der Waals surface area (Å²) in [7, 11) is 0. The summed E-state index contributed by atoms with van der Waals surface area (Å²) in [5, 5.41) is 9.78. The first-order chi connectivity index (χ1) is 3.63. The van der Waals surface area contributed by atoms with Crippen LogP contribution >= 0.6 is 0 Å². The van der Waals surface area contributed by atoms with E-state index in [-0.39, 0.29) is 0 Å². The Hall–Kier alpha value is -1.06. The molecule has 0 unspecified atom stereocenters. The Labute approximate surface area is 45.8 Å². The number of hydrogen-bond acceptors (Lipinski definition) is 2. The maximum absolute atomic E-state index is 11.5. The number of rotatable bonds is 3. The van der Waals surface area contributed by atoms with Crippen LogP contribution < -0.4 is 5.32 Å². The minimum atomic E-state index is -1.11. The third-order valence-corrected chi connectivity index (χ3v) is 0.431. The maximum atomic E-state index is 11.5. The Kier molecular flexibility index (Phi) is 2.61. The van der Waals surface area contributed by atoms with E-state index >= 15 is 0 Å². The maximum Gasteiger partial charge on any atom is 0.322 e. The molecule has 3 nitrogen and oxygen atoms in total. The first kappa shape index (κ1) is 6.94. The highest BCUT2D eigenvalue weighted by atomic mass is 19.1. The molecule has 0 rings (SSSR count). The molecule has 0 aromatic rings. The van der Waals surface area contributed by atoms with Crippen LogP contribution in [0.1, 0.15) is 0 Å². The zero-order valence-corrected chi connectivity index (χ0v) is 4.15. The molecule has 46 valence electrons. The average molecular weight is 119 g/mol. The zero-order chi connectivity index (χ0) is 6.57. The van der Waals surface area contributed by atoms with Crippen LogP contribution in [0.2, 0.25) is 0 Å². The molecular weight excluding hydrogens is 113 g/mol. The van der Waals surface area contributed by atoms with Crippen LogP contribution in [0, 0.1) is 0 Å². The molecule has 0 saturated heterocycles. The van der Waals surface area contributed by atoms with Gasteiger partial charge in [0.15, 0.2) is 5.95 Å². The molecule has 0 aliphatic rings. The van der Waals surface area contributed by atoms with E-state index in [0.29, 0.717) is 0 Å². The fourth-order valence-corrected chi connectivity index (χ4v) is 0.172. The summed E-state index contributed by atoms with van der Waals surface area (Å²) in [5.74, 6) is -1.93. The second kappa shape index (κ2) is 3.01. The lowest BCUT2D eigenvalue weighted by molar-refractivity contribution is -0.135. The highest BCUT2D eigenvalue weighted by Crippen LogP contribution is 1.79. The first-order valence-corrected chi connectivity index (χ1v) is 1.93. The van der Waals surface area contributed by atoms with Crippen LogP contribution in [0.25, 0.3) is 0 Å². The van der Waals surface area contributed by atoms with E-state index in [2.05, 4.69) is 6.58 Å². The second-order valence-electron chi connectivity index (χ2n) is 1.15. The number of aliphatic carboxylic acids is 1. The third-order valence-electron chi connectivity index (χ3n) is 0.431. The molecule has 8 heavy (non-hydrogen) atoms. The summed E-state index contributed by atoms with van der Waals surface area (Å²) in [6.07, 6.45) is 0. The van der Waals surface area contributed by atoms with Gasteiger partial charge in [0.25, 0.3) is 0 Å². The van der Waals surface area contributed by atoms with E-state index in [0.717, 1.165) is 0 Å². The summed E-state index contributed by atoms with van der Waals surface area (Å²) in [5.41, 5.74) is 0. The SMILES string of the molecule is C=C(F)NCC(=O)O. The molecule has 2 N–H and O–H groups in total. The van der Waals surface area contributed by atoms with E-state index in [4.69, 9.17) is 5.11 Å². The Morgan fingerprint density at radius 3 is 2.50 bits per heavy atom. The number of carboxylic acids is 1. The van der Waals surface area contributed by atoms with Crippen LogP contribution in [-0.4, -0.2) is 17.6 Å². The second-order valence-corrected chi connectivity index (χ2v) is 1.15. The smallest absolute Gasteiger partial charge is 0.322 e. The fourth-order valence-electron chi connectivity index (χ4n) is 0.172. The van der Waals surface area contributed by atoms with Gasteiger partial charge in [-0.1, -0.05) is 0 Å². The zero-order valence-electron chi connectivity index (χ0n) is 4.15. The lowest BCUT2D eigenvalue weighted by Gasteiger charge is -1.93. The van der Waals surface area contributed by atoms with Gasteiger partial charge in [-0.05, 0) is 6.58 Å². The van der Waals surface area contributed by atoms with E-state index < -0.39 is 18.5 Å². The van der Waals surface area contributed by atoms with Crippen molar-refractivity contribution in [3.05, 3.63) is 12.5 Å². The molecule has 0 atom stereocenters. The van der Waals surface area contributed by atoms with Crippen molar-refractivity contribution in [3.8, 4) is 0 Å². The van der Waals surface area contributed by atoms with Gasteiger partial charge in [-0.2, -0.15) is 4.39 Å². The van der Waals surface area contributed by atoms with Gasteiger partial charge in [-0.3, -0.25) is 4.79 Å². The quantitative estimate of drug-likeness (QED) is 0.518. The summed E-state index contributed by atoms with van der Waals surface area (Å²) in [6.45, 7) is 2.36. The number of hydrogen-bond donors (Lipinski definition) is 2. The van der Waals surface area contributed by atoms with Crippen molar-refractivity contribution < 1.29 is 14.3 Å². The largest absolute Gasteiger partial charge is 0.480 e. The number of nitrogens with one attached hydrogen (secondary N) is 1. The van der Waals surface area contributed by atoms with Crippen molar-refractivity contribution in [2.45, 2.75) is 0 Å². The summed E-state index contributed by atoms with van der Waals surface area (Å²) in [4.78, 5) is 9.63. The van der Waals surface area contributed by atoms with E-state index in [1.54, 1.807) is 0 Å². The first-order valence-electron chi connectivity index (χ1n) is 1.93. The molecule has 0 radical (unpaired) electrons.